The van der Waals surface area contributed by atoms with Crippen molar-refractivity contribution < 1.29 is 19.1 Å². The van der Waals surface area contributed by atoms with Crippen molar-refractivity contribution in [1.29, 1.82) is 0 Å². The highest BCUT2D eigenvalue weighted by molar-refractivity contribution is 6.27. The second kappa shape index (κ2) is 5.19. The van der Waals surface area contributed by atoms with E-state index >= 15 is 0 Å². The van der Waals surface area contributed by atoms with E-state index in [1.807, 2.05) is 0 Å². The van der Waals surface area contributed by atoms with Gasteiger partial charge in [-0.15, -0.1) is 0 Å². The number of ether oxygens (including phenoxy) is 1. The number of aromatic amines is 1. The van der Waals surface area contributed by atoms with Crippen molar-refractivity contribution in [2.75, 3.05) is 5.43 Å². The maximum absolute atomic E-state index is 12.6. The normalized spacial score (nSPS) is 13.3. The number of benzene rings is 1. The molecule has 8 heteroatoms. The lowest BCUT2D eigenvalue weighted by atomic mass is 9.90. The number of fused-ring (bicyclic) bond motifs is 2. The molecule has 0 bridgehead atoms. The second-order valence-electron chi connectivity index (χ2n) is 6.31. The second-order valence-corrected chi connectivity index (χ2v) is 6.31. The molecule has 0 atom stereocenters. The molecule has 0 spiro atoms. The van der Waals surface area contributed by atoms with Crippen LogP contribution in [0.3, 0.4) is 0 Å². The predicted octanol–water partition coefficient (Wildman–Crippen LogP) is 1.43. The molecule has 1 amide bonds. The van der Waals surface area contributed by atoms with Crippen LogP contribution in [-0.2, 0) is 4.74 Å². The summed E-state index contributed by atoms with van der Waals surface area (Å²) in [5.41, 5.74) is 0.626. The third-order valence-electron chi connectivity index (χ3n) is 3.36. The van der Waals surface area contributed by atoms with Gasteiger partial charge in [0.15, 0.2) is 0 Å². The van der Waals surface area contributed by atoms with E-state index in [1.54, 1.807) is 32.9 Å². The minimum atomic E-state index is -0.912. The summed E-state index contributed by atoms with van der Waals surface area (Å²) in [6, 6.07) is 6.25. The molecule has 2 N–H and O–H groups in total. The lowest BCUT2D eigenvalue weighted by molar-refractivity contribution is 0.0611. The Hall–Kier alpha value is -3.16. The number of amides is 1. The molecule has 0 fully saturated rings. The van der Waals surface area contributed by atoms with Crippen molar-refractivity contribution >= 4 is 17.7 Å². The van der Waals surface area contributed by atoms with Gasteiger partial charge in [0, 0.05) is 11.1 Å². The minimum absolute atomic E-state index is 0.153. The Morgan fingerprint density at radius 1 is 1.08 bits per heavy atom. The number of imidazole rings is 1. The van der Waals surface area contributed by atoms with E-state index in [1.165, 1.54) is 12.1 Å². The molecule has 1 heterocycles. The largest absolute Gasteiger partial charge is 0.443 e. The molecule has 2 aromatic rings. The topological polar surface area (TPSA) is 110 Å². The van der Waals surface area contributed by atoms with Gasteiger partial charge in [-0.2, -0.15) is 4.68 Å². The maximum atomic E-state index is 12.6. The van der Waals surface area contributed by atoms with Crippen LogP contribution in [0.1, 0.15) is 52.9 Å². The molecule has 8 nitrogen and oxygen atoms in total. The number of hydrogen-bond acceptors (Lipinski definition) is 5. The van der Waals surface area contributed by atoms with Crippen molar-refractivity contribution in [3.63, 3.8) is 0 Å². The Labute approximate surface area is 136 Å². The summed E-state index contributed by atoms with van der Waals surface area (Å²) in [6.07, 6.45) is -0.912. The quantitative estimate of drug-likeness (QED) is 0.702. The average molecular weight is 329 g/mol. The summed E-state index contributed by atoms with van der Waals surface area (Å²) in [7, 11) is 0. The van der Waals surface area contributed by atoms with Crippen molar-refractivity contribution in [1.82, 2.24) is 9.66 Å². The summed E-state index contributed by atoms with van der Waals surface area (Å²) in [5, 5.41) is 0. The van der Waals surface area contributed by atoms with Gasteiger partial charge in [0.05, 0.1) is 0 Å². The van der Waals surface area contributed by atoms with Crippen LogP contribution < -0.4 is 11.1 Å². The maximum Gasteiger partial charge on any atom is 0.427 e. The van der Waals surface area contributed by atoms with E-state index in [0.29, 0.717) is 4.68 Å². The van der Waals surface area contributed by atoms with Gasteiger partial charge in [0.1, 0.15) is 17.0 Å². The fourth-order valence-electron chi connectivity index (χ4n) is 2.45. The van der Waals surface area contributed by atoms with E-state index in [4.69, 9.17) is 4.74 Å². The monoisotopic (exact) mass is 329 g/mol. The zero-order valence-corrected chi connectivity index (χ0v) is 13.3. The first-order chi connectivity index (χ1) is 11.2. The Morgan fingerprint density at radius 3 is 2.25 bits per heavy atom. The summed E-state index contributed by atoms with van der Waals surface area (Å²) in [6.45, 7) is 4.98. The molecule has 124 valence electrons. The van der Waals surface area contributed by atoms with Gasteiger partial charge in [-0.3, -0.25) is 9.59 Å². The van der Waals surface area contributed by atoms with Crippen LogP contribution in [0, 0.1) is 0 Å². The number of H-pyrrole nitrogens is 1. The Morgan fingerprint density at radius 2 is 1.67 bits per heavy atom. The van der Waals surface area contributed by atoms with Crippen LogP contribution in [-0.4, -0.2) is 32.9 Å². The van der Waals surface area contributed by atoms with Gasteiger partial charge in [0.25, 0.3) is 0 Å². The summed E-state index contributed by atoms with van der Waals surface area (Å²) < 4.78 is 5.78. The number of hydrogen-bond donors (Lipinski definition) is 2. The van der Waals surface area contributed by atoms with E-state index in [-0.39, 0.29) is 22.5 Å². The van der Waals surface area contributed by atoms with Crippen LogP contribution >= 0.6 is 0 Å². The molecule has 1 aliphatic rings. The molecule has 0 radical (unpaired) electrons. The van der Waals surface area contributed by atoms with Crippen LogP contribution in [0.2, 0.25) is 0 Å². The number of ketones is 2. The molecule has 0 unspecified atom stereocenters. The molecule has 3 rings (SSSR count). The summed E-state index contributed by atoms with van der Waals surface area (Å²) in [4.78, 5) is 51.4. The van der Waals surface area contributed by atoms with Gasteiger partial charge in [0.2, 0.25) is 11.6 Å². The summed E-state index contributed by atoms with van der Waals surface area (Å²) >= 11 is 0. The Balaban J connectivity index is 2.06. The first-order valence-electron chi connectivity index (χ1n) is 7.22. The molecular weight excluding hydrogens is 314 g/mol. The van der Waals surface area contributed by atoms with Crippen molar-refractivity contribution in [3.8, 4) is 0 Å². The standard InChI is InChI=1S/C16H15N3O5/c1-16(2,3)24-15(23)18-19-11-10(17-14(19)22)12(20)8-6-4-5-7-9(8)13(11)21/h4-7H,1-3H3,(H,17,22)(H,18,23). The Bertz CT molecular complexity index is 930. The van der Waals surface area contributed by atoms with Gasteiger partial charge in [-0.05, 0) is 20.8 Å². The summed E-state index contributed by atoms with van der Waals surface area (Å²) in [5.74, 6) is -1.02. The molecular formula is C16H15N3O5. The van der Waals surface area contributed by atoms with Crippen molar-refractivity contribution in [2.45, 2.75) is 26.4 Å². The first kappa shape index (κ1) is 15.7. The third-order valence-corrected chi connectivity index (χ3v) is 3.36. The highest BCUT2D eigenvalue weighted by Crippen LogP contribution is 2.24. The van der Waals surface area contributed by atoms with E-state index < -0.39 is 29.0 Å². The fourth-order valence-corrected chi connectivity index (χ4v) is 2.45. The number of nitrogens with zero attached hydrogens (tertiary/aromatic N) is 1. The van der Waals surface area contributed by atoms with E-state index in [0.717, 1.165) is 0 Å². The van der Waals surface area contributed by atoms with Gasteiger partial charge < -0.3 is 9.72 Å². The average Bonchev–Trinajstić information content (AvgIpc) is 2.80. The smallest absolute Gasteiger partial charge is 0.427 e. The Kier molecular flexibility index (Phi) is 3.40. The lowest BCUT2D eigenvalue weighted by Gasteiger charge is -2.20. The van der Waals surface area contributed by atoms with Crippen molar-refractivity contribution in [2.24, 2.45) is 0 Å². The molecule has 1 aromatic carbocycles. The van der Waals surface area contributed by atoms with E-state index in [9.17, 15) is 19.2 Å². The zero-order chi connectivity index (χ0) is 17.6. The van der Waals surface area contributed by atoms with Crippen LogP contribution in [0.5, 0.6) is 0 Å². The number of carbonyl (C=O) groups is 3. The molecule has 1 aromatic heterocycles. The van der Waals surface area contributed by atoms with Gasteiger partial charge in [-0.25, -0.2) is 15.0 Å². The third kappa shape index (κ3) is 2.51. The zero-order valence-electron chi connectivity index (χ0n) is 13.3. The molecule has 24 heavy (non-hydrogen) atoms. The number of nitrogens with one attached hydrogen (secondary N) is 2. The van der Waals surface area contributed by atoms with E-state index in [2.05, 4.69) is 10.4 Å². The molecule has 1 aliphatic carbocycles. The van der Waals surface area contributed by atoms with Crippen LogP contribution in [0.25, 0.3) is 0 Å². The first-order valence-corrected chi connectivity index (χ1v) is 7.22. The SMILES string of the molecule is CC(C)(C)OC(=O)Nn1c2c([nH]c1=O)C(=O)c1ccccc1C2=O. The molecule has 0 saturated heterocycles. The van der Waals surface area contributed by atoms with Crippen LogP contribution in [0.15, 0.2) is 29.1 Å². The van der Waals surface area contributed by atoms with Crippen LogP contribution in [0.4, 0.5) is 4.79 Å². The highest BCUT2D eigenvalue weighted by Gasteiger charge is 2.35. The minimum Gasteiger partial charge on any atom is -0.443 e. The highest BCUT2D eigenvalue weighted by atomic mass is 16.6. The van der Waals surface area contributed by atoms with Gasteiger partial charge in [-0.1, -0.05) is 24.3 Å². The molecule has 0 aliphatic heterocycles. The molecule has 0 saturated carbocycles. The lowest BCUT2D eigenvalue weighted by Crippen LogP contribution is -2.38. The van der Waals surface area contributed by atoms with Crippen molar-refractivity contribution in [3.05, 3.63) is 57.3 Å². The fraction of sp³-hybridized carbons (Fsp3) is 0.250. The predicted molar refractivity (Wildman–Crippen MR) is 84.0 cm³/mol. The number of carbonyl (C=O) groups excluding carboxylic acids is 3. The van der Waals surface area contributed by atoms with Gasteiger partial charge >= 0.3 is 11.8 Å². The number of rotatable bonds is 1. The number of aromatic nitrogens is 2.